The first kappa shape index (κ1) is 29.1. The van der Waals surface area contributed by atoms with Crippen LogP contribution in [-0.2, 0) is 10.0 Å². The normalized spacial score (nSPS) is 18.0. The number of aromatic nitrogens is 2. The van der Waals surface area contributed by atoms with E-state index >= 15 is 0 Å². The summed E-state index contributed by atoms with van der Waals surface area (Å²) < 4.78 is 29.6. The zero-order valence-electron chi connectivity index (χ0n) is 24.7. The molecule has 0 saturated heterocycles. The van der Waals surface area contributed by atoms with Crippen molar-refractivity contribution < 1.29 is 8.42 Å². The van der Waals surface area contributed by atoms with E-state index in [1.54, 1.807) is 6.07 Å². The highest BCUT2D eigenvalue weighted by Gasteiger charge is 2.25. The molecule has 3 N–H and O–H groups in total. The van der Waals surface area contributed by atoms with Crippen molar-refractivity contribution in [2.24, 2.45) is 11.8 Å². The Labute approximate surface area is 244 Å². The summed E-state index contributed by atoms with van der Waals surface area (Å²) in [7, 11) is 0.310. The van der Waals surface area contributed by atoms with Crippen LogP contribution < -0.4 is 20.3 Å². The van der Waals surface area contributed by atoms with Gasteiger partial charge in [0.15, 0.2) is 0 Å². The quantitative estimate of drug-likeness (QED) is 0.217. The fourth-order valence-corrected chi connectivity index (χ4v) is 7.01. The van der Waals surface area contributed by atoms with Crippen LogP contribution in [0.4, 0.5) is 17.5 Å². The Hall–Kier alpha value is -3.43. The maximum atomic E-state index is 13.3. The van der Waals surface area contributed by atoms with Crippen molar-refractivity contribution in [3.8, 4) is 0 Å². The average Bonchev–Trinajstić information content (AvgIpc) is 2.94. The largest absolute Gasteiger partial charge is 0.377 e. The molecule has 0 unspecified atom stereocenters. The minimum Gasteiger partial charge on any atom is -0.377 e. The van der Waals surface area contributed by atoms with E-state index in [2.05, 4.69) is 36.1 Å². The molecule has 8 nitrogen and oxygen atoms in total. The van der Waals surface area contributed by atoms with Crippen molar-refractivity contribution in [2.75, 3.05) is 42.7 Å². The third-order valence-electron chi connectivity index (χ3n) is 7.80. The molecule has 1 aliphatic rings. The Morgan fingerprint density at radius 1 is 0.805 bits per heavy atom. The standard InChI is InChI=1S/C32H42N6O2S/c1-32(2,3)37-30-26-10-6-7-13-27(26)35-31(36-30)33-20-22-16-18-23(19-17-22)21-34-41(39,40)29-15-9-11-24-25(29)12-8-14-28(24)38(4)5/h6-15,22-23,34H,16-21H2,1-5H3,(H2,33,35,36,37)/t22-,23-. The Kier molecular flexibility index (Phi) is 8.38. The average molecular weight is 575 g/mol. The van der Waals surface area contributed by atoms with Crippen molar-refractivity contribution in [1.29, 1.82) is 0 Å². The molecule has 5 rings (SSSR count). The summed E-state index contributed by atoms with van der Waals surface area (Å²) in [5.41, 5.74) is 1.80. The molecule has 4 aromatic rings. The van der Waals surface area contributed by atoms with E-state index in [1.807, 2.05) is 73.6 Å². The lowest BCUT2D eigenvalue weighted by Crippen LogP contribution is -2.32. The molecule has 41 heavy (non-hydrogen) atoms. The van der Waals surface area contributed by atoms with Crippen molar-refractivity contribution in [3.63, 3.8) is 0 Å². The summed E-state index contributed by atoms with van der Waals surface area (Å²) in [5, 5.41) is 9.69. The maximum Gasteiger partial charge on any atom is 0.241 e. The van der Waals surface area contributed by atoms with Crippen LogP contribution in [0.1, 0.15) is 46.5 Å². The molecule has 1 saturated carbocycles. The fourth-order valence-electron chi connectivity index (χ4n) is 5.68. The molecular formula is C32H42N6O2S. The smallest absolute Gasteiger partial charge is 0.241 e. The third-order valence-corrected chi connectivity index (χ3v) is 9.29. The predicted molar refractivity (Wildman–Crippen MR) is 170 cm³/mol. The van der Waals surface area contributed by atoms with Gasteiger partial charge in [-0.1, -0.05) is 36.4 Å². The summed E-state index contributed by atoms with van der Waals surface area (Å²) in [5.74, 6) is 2.30. The molecule has 1 fully saturated rings. The molecule has 0 spiro atoms. The number of fused-ring (bicyclic) bond motifs is 2. The Morgan fingerprint density at radius 2 is 1.44 bits per heavy atom. The van der Waals surface area contributed by atoms with Crippen LogP contribution in [0.5, 0.6) is 0 Å². The highest BCUT2D eigenvalue weighted by molar-refractivity contribution is 7.89. The molecule has 0 bridgehead atoms. The lowest BCUT2D eigenvalue weighted by Gasteiger charge is -2.29. The molecule has 0 radical (unpaired) electrons. The van der Waals surface area contributed by atoms with Gasteiger partial charge in [0.1, 0.15) is 5.82 Å². The first-order chi connectivity index (χ1) is 19.5. The number of hydrogen-bond donors (Lipinski definition) is 3. The van der Waals surface area contributed by atoms with Gasteiger partial charge in [-0.05, 0) is 82.6 Å². The second kappa shape index (κ2) is 11.8. The van der Waals surface area contributed by atoms with E-state index < -0.39 is 10.0 Å². The summed E-state index contributed by atoms with van der Waals surface area (Å²) in [6, 6.07) is 19.4. The molecule has 1 aliphatic carbocycles. The first-order valence-corrected chi connectivity index (χ1v) is 16.0. The highest BCUT2D eigenvalue weighted by Crippen LogP contribution is 2.32. The van der Waals surface area contributed by atoms with E-state index in [-0.39, 0.29) is 5.54 Å². The number of nitrogens with one attached hydrogen (secondary N) is 3. The molecular weight excluding hydrogens is 532 g/mol. The van der Waals surface area contributed by atoms with Crippen LogP contribution in [-0.4, -0.2) is 51.1 Å². The second-order valence-electron chi connectivity index (χ2n) is 12.4. The van der Waals surface area contributed by atoms with Crippen molar-refractivity contribution in [2.45, 2.75) is 56.9 Å². The van der Waals surface area contributed by atoms with Crippen LogP contribution in [0.3, 0.4) is 0 Å². The number of anilines is 3. The van der Waals surface area contributed by atoms with Gasteiger partial charge in [0.2, 0.25) is 16.0 Å². The molecule has 0 atom stereocenters. The van der Waals surface area contributed by atoms with E-state index in [0.29, 0.717) is 29.2 Å². The molecule has 9 heteroatoms. The Balaban J connectivity index is 1.17. The number of sulfonamides is 1. The summed E-state index contributed by atoms with van der Waals surface area (Å²) in [6.07, 6.45) is 4.07. The Morgan fingerprint density at radius 3 is 2.15 bits per heavy atom. The minimum atomic E-state index is -3.63. The topological polar surface area (TPSA) is 99.3 Å². The van der Waals surface area contributed by atoms with E-state index in [0.717, 1.165) is 65.4 Å². The van der Waals surface area contributed by atoms with Crippen LogP contribution in [0.25, 0.3) is 21.7 Å². The molecule has 3 aromatic carbocycles. The number of benzene rings is 3. The maximum absolute atomic E-state index is 13.3. The van der Waals surface area contributed by atoms with Gasteiger partial charge >= 0.3 is 0 Å². The lowest BCUT2D eigenvalue weighted by molar-refractivity contribution is 0.284. The monoisotopic (exact) mass is 574 g/mol. The SMILES string of the molecule is CN(C)c1cccc2c(S(=O)(=O)NC[C@H]3CC[C@H](CNc4nc(NC(C)(C)C)c5ccccc5n4)CC3)cccc12. The predicted octanol–water partition coefficient (Wildman–Crippen LogP) is 6.26. The van der Waals surface area contributed by atoms with Crippen molar-refractivity contribution >= 4 is 49.2 Å². The van der Waals surface area contributed by atoms with Gasteiger partial charge in [-0.3, -0.25) is 0 Å². The summed E-state index contributed by atoms with van der Waals surface area (Å²) >= 11 is 0. The van der Waals surface area contributed by atoms with Crippen LogP contribution in [0.2, 0.25) is 0 Å². The molecule has 1 aromatic heterocycles. The van der Waals surface area contributed by atoms with Gasteiger partial charge in [0.25, 0.3) is 0 Å². The van der Waals surface area contributed by atoms with Gasteiger partial charge < -0.3 is 15.5 Å². The van der Waals surface area contributed by atoms with Gasteiger partial charge in [-0.15, -0.1) is 0 Å². The molecule has 0 amide bonds. The van der Waals surface area contributed by atoms with Crippen molar-refractivity contribution in [1.82, 2.24) is 14.7 Å². The number of hydrogen-bond acceptors (Lipinski definition) is 7. The van der Waals surface area contributed by atoms with Gasteiger partial charge in [0, 0.05) is 54.6 Å². The van der Waals surface area contributed by atoms with Crippen LogP contribution in [0.15, 0.2) is 65.6 Å². The number of rotatable bonds is 9. The zero-order chi connectivity index (χ0) is 29.2. The van der Waals surface area contributed by atoms with Gasteiger partial charge in [-0.2, -0.15) is 4.98 Å². The molecule has 1 heterocycles. The number of para-hydroxylation sites is 1. The highest BCUT2D eigenvalue weighted by atomic mass is 32.2. The second-order valence-corrected chi connectivity index (χ2v) is 14.2. The van der Waals surface area contributed by atoms with E-state index in [1.165, 1.54) is 0 Å². The minimum absolute atomic E-state index is 0.114. The van der Waals surface area contributed by atoms with Crippen molar-refractivity contribution in [3.05, 3.63) is 60.7 Å². The van der Waals surface area contributed by atoms with Gasteiger partial charge in [0.05, 0.1) is 10.4 Å². The Bertz CT molecular complexity index is 1620. The lowest BCUT2D eigenvalue weighted by atomic mass is 9.82. The fraction of sp³-hybridized carbons (Fsp3) is 0.438. The molecule has 218 valence electrons. The van der Waals surface area contributed by atoms with E-state index in [9.17, 15) is 8.42 Å². The van der Waals surface area contributed by atoms with E-state index in [4.69, 9.17) is 9.97 Å². The summed E-state index contributed by atoms with van der Waals surface area (Å²) in [6.45, 7) is 7.63. The zero-order valence-corrected chi connectivity index (χ0v) is 25.6. The molecule has 0 aliphatic heterocycles. The summed E-state index contributed by atoms with van der Waals surface area (Å²) in [4.78, 5) is 11.9. The van der Waals surface area contributed by atoms with Crippen LogP contribution in [0, 0.1) is 11.8 Å². The first-order valence-electron chi connectivity index (χ1n) is 14.5. The van der Waals surface area contributed by atoms with Crippen LogP contribution >= 0.6 is 0 Å². The van der Waals surface area contributed by atoms with Gasteiger partial charge in [-0.25, -0.2) is 18.1 Å². The number of nitrogens with zero attached hydrogens (tertiary/aromatic N) is 3. The third kappa shape index (κ3) is 6.90.